The highest BCUT2D eigenvalue weighted by Crippen LogP contribution is 2.31. The fourth-order valence-corrected chi connectivity index (χ4v) is 4.21. The van der Waals surface area contributed by atoms with Crippen molar-refractivity contribution in [2.75, 3.05) is 13.1 Å². The predicted octanol–water partition coefficient (Wildman–Crippen LogP) is 1.31. The van der Waals surface area contributed by atoms with Crippen LogP contribution in [-0.4, -0.2) is 39.2 Å². The van der Waals surface area contributed by atoms with Crippen molar-refractivity contribution in [3.05, 3.63) is 53.3 Å². The number of fused-ring (bicyclic) bond motifs is 1. The average molecular weight is 324 g/mol. The molecule has 1 saturated heterocycles. The number of aromatic nitrogens is 2. The molecule has 24 heavy (non-hydrogen) atoms. The number of aryl methyl sites for hydroxylation is 1. The number of nitrogens with zero attached hydrogens (tertiary/aromatic N) is 3. The Labute approximate surface area is 142 Å². The molecule has 2 heterocycles. The van der Waals surface area contributed by atoms with E-state index < -0.39 is 5.54 Å². The van der Waals surface area contributed by atoms with E-state index in [1.807, 2.05) is 35.0 Å². The smallest absolute Gasteiger partial charge is 0.243 e. The Kier molecular flexibility index (Phi) is 3.68. The van der Waals surface area contributed by atoms with Gasteiger partial charge in [0.25, 0.3) is 0 Å². The van der Waals surface area contributed by atoms with Gasteiger partial charge in [-0.3, -0.25) is 9.48 Å². The molecule has 0 radical (unpaired) electrons. The Hall–Kier alpha value is -2.14. The van der Waals surface area contributed by atoms with Gasteiger partial charge in [0.1, 0.15) is 5.54 Å². The minimum Gasteiger partial charge on any atom is -0.341 e. The van der Waals surface area contributed by atoms with Crippen molar-refractivity contribution in [3.8, 4) is 0 Å². The molecular weight excluding hydrogens is 300 g/mol. The van der Waals surface area contributed by atoms with Crippen LogP contribution in [0.15, 0.2) is 36.7 Å². The van der Waals surface area contributed by atoms with Crippen LogP contribution in [0.25, 0.3) is 0 Å². The summed E-state index contributed by atoms with van der Waals surface area (Å²) >= 11 is 0. The SMILES string of the molecule is Cn1cc(CC2CCN(C(=O)C3(N)Cc4ccccc4C3)C2)cn1. The van der Waals surface area contributed by atoms with Crippen LogP contribution in [0.1, 0.15) is 23.1 Å². The van der Waals surface area contributed by atoms with Crippen molar-refractivity contribution < 1.29 is 4.79 Å². The molecule has 1 aliphatic carbocycles. The monoisotopic (exact) mass is 324 g/mol. The molecule has 1 aromatic heterocycles. The molecule has 4 rings (SSSR count). The van der Waals surface area contributed by atoms with Crippen LogP contribution in [-0.2, 0) is 31.1 Å². The molecule has 1 aromatic carbocycles. The minimum absolute atomic E-state index is 0.118. The summed E-state index contributed by atoms with van der Waals surface area (Å²) in [5.41, 5.74) is 9.46. The van der Waals surface area contributed by atoms with E-state index in [9.17, 15) is 4.79 Å². The van der Waals surface area contributed by atoms with Crippen molar-refractivity contribution in [2.45, 2.75) is 31.2 Å². The molecule has 5 heteroatoms. The van der Waals surface area contributed by atoms with Gasteiger partial charge in [-0.2, -0.15) is 5.10 Å². The number of amides is 1. The third kappa shape index (κ3) is 2.73. The fourth-order valence-electron chi connectivity index (χ4n) is 4.21. The Morgan fingerprint density at radius 1 is 1.33 bits per heavy atom. The van der Waals surface area contributed by atoms with Crippen molar-refractivity contribution in [1.82, 2.24) is 14.7 Å². The first-order chi connectivity index (χ1) is 11.5. The average Bonchev–Trinajstić information content (AvgIpc) is 3.25. The summed E-state index contributed by atoms with van der Waals surface area (Å²) in [5, 5.41) is 4.23. The van der Waals surface area contributed by atoms with Crippen LogP contribution in [0.5, 0.6) is 0 Å². The standard InChI is InChI=1S/C19H24N4O/c1-22-12-15(11-21-22)8-14-6-7-23(13-14)18(24)19(20)9-16-4-2-3-5-17(16)10-19/h2-5,11-12,14H,6-10,13,20H2,1H3. The van der Waals surface area contributed by atoms with E-state index in [1.165, 1.54) is 16.7 Å². The lowest BCUT2D eigenvalue weighted by atomic mass is 9.95. The predicted molar refractivity (Wildman–Crippen MR) is 92.4 cm³/mol. The molecule has 2 aromatic rings. The third-order valence-corrected chi connectivity index (χ3v) is 5.41. The van der Waals surface area contributed by atoms with E-state index in [-0.39, 0.29) is 5.91 Å². The second-order valence-corrected chi connectivity index (χ2v) is 7.41. The summed E-state index contributed by atoms with van der Waals surface area (Å²) in [5.74, 6) is 0.623. The molecule has 126 valence electrons. The van der Waals surface area contributed by atoms with Crippen molar-refractivity contribution in [1.29, 1.82) is 0 Å². The number of carbonyl (C=O) groups is 1. The molecule has 1 fully saturated rings. The van der Waals surface area contributed by atoms with Gasteiger partial charge in [0.05, 0.1) is 6.20 Å². The van der Waals surface area contributed by atoms with Gasteiger partial charge < -0.3 is 10.6 Å². The largest absolute Gasteiger partial charge is 0.341 e. The number of hydrogen-bond donors (Lipinski definition) is 1. The number of rotatable bonds is 3. The first kappa shape index (κ1) is 15.4. The number of nitrogens with two attached hydrogens (primary N) is 1. The lowest BCUT2D eigenvalue weighted by Crippen LogP contribution is -2.55. The molecule has 2 aliphatic rings. The molecule has 1 atom stereocenters. The van der Waals surface area contributed by atoms with Crippen LogP contribution in [0.4, 0.5) is 0 Å². The first-order valence-corrected chi connectivity index (χ1v) is 8.66. The number of hydrogen-bond acceptors (Lipinski definition) is 3. The van der Waals surface area contributed by atoms with Crippen LogP contribution in [0.3, 0.4) is 0 Å². The van der Waals surface area contributed by atoms with E-state index >= 15 is 0 Å². The maximum Gasteiger partial charge on any atom is 0.243 e. The number of benzene rings is 1. The molecule has 0 saturated carbocycles. The van der Waals surface area contributed by atoms with Gasteiger partial charge in [0.15, 0.2) is 0 Å². The molecular formula is C19H24N4O. The van der Waals surface area contributed by atoms with Gasteiger partial charge in [-0.05, 0) is 48.3 Å². The summed E-state index contributed by atoms with van der Waals surface area (Å²) in [4.78, 5) is 15.0. The first-order valence-electron chi connectivity index (χ1n) is 8.66. The molecule has 2 N–H and O–H groups in total. The molecule has 0 bridgehead atoms. The van der Waals surface area contributed by atoms with Gasteiger partial charge in [-0.15, -0.1) is 0 Å². The topological polar surface area (TPSA) is 64.2 Å². The minimum atomic E-state index is -0.757. The van der Waals surface area contributed by atoms with E-state index in [0.29, 0.717) is 18.8 Å². The highest BCUT2D eigenvalue weighted by atomic mass is 16.2. The zero-order valence-corrected chi connectivity index (χ0v) is 14.1. The Morgan fingerprint density at radius 3 is 2.67 bits per heavy atom. The molecule has 1 amide bonds. The second kappa shape index (κ2) is 5.74. The van der Waals surface area contributed by atoms with Gasteiger partial charge >= 0.3 is 0 Å². The van der Waals surface area contributed by atoms with E-state index in [1.54, 1.807) is 0 Å². The van der Waals surface area contributed by atoms with Crippen molar-refractivity contribution in [2.24, 2.45) is 18.7 Å². The van der Waals surface area contributed by atoms with Gasteiger partial charge in [0.2, 0.25) is 5.91 Å². The number of likely N-dealkylation sites (tertiary alicyclic amines) is 1. The summed E-state index contributed by atoms with van der Waals surface area (Å²) in [6.07, 6.45) is 7.32. The highest BCUT2D eigenvalue weighted by Gasteiger charge is 2.44. The molecule has 0 spiro atoms. The van der Waals surface area contributed by atoms with Crippen LogP contribution in [0, 0.1) is 5.92 Å². The van der Waals surface area contributed by atoms with Gasteiger partial charge in [0, 0.05) is 26.3 Å². The third-order valence-electron chi connectivity index (χ3n) is 5.41. The van der Waals surface area contributed by atoms with E-state index in [2.05, 4.69) is 23.4 Å². The Morgan fingerprint density at radius 2 is 2.04 bits per heavy atom. The van der Waals surface area contributed by atoms with Crippen LogP contribution < -0.4 is 5.73 Å². The second-order valence-electron chi connectivity index (χ2n) is 7.41. The van der Waals surface area contributed by atoms with Crippen LogP contribution in [0.2, 0.25) is 0 Å². The fraction of sp³-hybridized carbons (Fsp3) is 0.474. The summed E-state index contributed by atoms with van der Waals surface area (Å²) < 4.78 is 1.83. The zero-order chi connectivity index (χ0) is 16.7. The maximum atomic E-state index is 13.0. The Balaban J connectivity index is 1.41. The summed E-state index contributed by atoms with van der Waals surface area (Å²) in [6.45, 7) is 1.63. The zero-order valence-electron chi connectivity index (χ0n) is 14.1. The van der Waals surface area contributed by atoms with Crippen LogP contribution >= 0.6 is 0 Å². The van der Waals surface area contributed by atoms with Crippen molar-refractivity contribution in [3.63, 3.8) is 0 Å². The summed E-state index contributed by atoms with van der Waals surface area (Å²) in [6, 6.07) is 8.22. The number of carbonyl (C=O) groups excluding carboxylic acids is 1. The van der Waals surface area contributed by atoms with Crippen molar-refractivity contribution >= 4 is 5.91 Å². The van der Waals surface area contributed by atoms with Gasteiger partial charge in [-0.25, -0.2) is 0 Å². The summed E-state index contributed by atoms with van der Waals surface area (Å²) in [7, 11) is 1.93. The molecule has 5 nitrogen and oxygen atoms in total. The highest BCUT2D eigenvalue weighted by molar-refractivity contribution is 5.88. The molecule has 1 aliphatic heterocycles. The lowest BCUT2D eigenvalue weighted by molar-refractivity contribution is -0.135. The lowest BCUT2D eigenvalue weighted by Gasteiger charge is -2.28. The normalized spacial score (nSPS) is 21.9. The van der Waals surface area contributed by atoms with E-state index in [4.69, 9.17) is 5.73 Å². The van der Waals surface area contributed by atoms with Gasteiger partial charge in [-0.1, -0.05) is 24.3 Å². The van der Waals surface area contributed by atoms with E-state index in [0.717, 1.165) is 25.9 Å². The quantitative estimate of drug-likeness (QED) is 0.926. The Bertz CT molecular complexity index is 741. The maximum absolute atomic E-state index is 13.0. The molecule has 1 unspecified atom stereocenters.